The van der Waals surface area contributed by atoms with E-state index in [1.165, 1.54) is 18.2 Å². The Bertz CT molecular complexity index is 391. The van der Waals surface area contributed by atoms with Crippen molar-refractivity contribution in [3.8, 4) is 0 Å². The average molecular weight is 247 g/mol. The molecule has 0 heterocycles. The molecule has 0 aliphatic rings. The van der Waals surface area contributed by atoms with Crippen LogP contribution in [0.5, 0.6) is 0 Å². The minimum Gasteiger partial charge on any atom is -0.396 e. The maximum atomic E-state index is 12.6. The van der Waals surface area contributed by atoms with Crippen LogP contribution in [0.25, 0.3) is 0 Å². The van der Waals surface area contributed by atoms with Gasteiger partial charge in [0.15, 0.2) is 0 Å². The Morgan fingerprint density at radius 2 is 1.94 bits per heavy atom. The number of hydrogen-bond donors (Lipinski definition) is 2. The van der Waals surface area contributed by atoms with Gasteiger partial charge in [-0.15, -0.1) is 0 Å². The van der Waals surface area contributed by atoms with E-state index in [4.69, 9.17) is 5.11 Å². The highest BCUT2D eigenvalue weighted by Crippen LogP contribution is 2.34. The van der Waals surface area contributed by atoms with E-state index in [1.54, 1.807) is 0 Å². The molecule has 0 bridgehead atoms. The van der Waals surface area contributed by atoms with Gasteiger partial charge in [0.1, 0.15) is 0 Å². The van der Waals surface area contributed by atoms with Crippen LogP contribution in [0.4, 0.5) is 18.9 Å². The predicted octanol–water partition coefficient (Wildman–Crippen LogP) is 2.42. The third kappa shape index (κ3) is 4.07. The number of halogens is 3. The van der Waals surface area contributed by atoms with Crippen molar-refractivity contribution in [1.29, 1.82) is 0 Å². The predicted molar refractivity (Wildman–Crippen MR) is 56.4 cm³/mol. The fraction of sp³-hybridized carbons (Fsp3) is 0.364. The van der Waals surface area contributed by atoms with E-state index in [9.17, 15) is 18.0 Å². The molecule has 0 radical (unpaired) electrons. The fourth-order valence-corrected chi connectivity index (χ4v) is 1.29. The molecule has 6 heteroatoms. The smallest absolute Gasteiger partial charge is 0.396 e. The highest BCUT2D eigenvalue weighted by atomic mass is 19.4. The molecule has 1 amide bonds. The van der Waals surface area contributed by atoms with E-state index < -0.39 is 17.6 Å². The van der Waals surface area contributed by atoms with E-state index in [0.29, 0.717) is 0 Å². The summed E-state index contributed by atoms with van der Waals surface area (Å²) in [5.74, 6) is -0.546. The Morgan fingerprint density at radius 3 is 2.53 bits per heavy atom. The largest absolute Gasteiger partial charge is 0.418 e. The number of carbonyl (C=O) groups is 1. The van der Waals surface area contributed by atoms with E-state index >= 15 is 0 Å². The van der Waals surface area contributed by atoms with Crippen molar-refractivity contribution in [2.75, 3.05) is 11.9 Å². The molecule has 0 aliphatic carbocycles. The molecule has 94 valence electrons. The molecule has 1 rings (SSSR count). The Labute approximate surface area is 96.3 Å². The molecular weight excluding hydrogens is 235 g/mol. The van der Waals surface area contributed by atoms with Gasteiger partial charge in [-0.05, 0) is 18.6 Å². The van der Waals surface area contributed by atoms with Crippen molar-refractivity contribution in [1.82, 2.24) is 0 Å². The molecule has 0 fully saturated rings. The van der Waals surface area contributed by atoms with Crippen molar-refractivity contribution < 1.29 is 23.1 Å². The van der Waals surface area contributed by atoms with Crippen LogP contribution in [0.1, 0.15) is 18.4 Å². The quantitative estimate of drug-likeness (QED) is 0.858. The lowest BCUT2D eigenvalue weighted by molar-refractivity contribution is -0.137. The molecule has 0 aliphatic heterocycles. The summed E-state index contributed by atoms with van der Waals surface area (Å²) in [6.07, 6.45) is -4.29. The number of alkyl halides is 3. The summed E-state index contributed by atoms with van der Waals surface area (Å²) in [6.45, 7) is -0.172. The zero-order valence-electron chi connectivity index (χ0n) is 8.92. The van der Waals surface area contributed by atoms with Gasteiger partial charge in [0.25, 0.3) is 0 Å². The van der Waals surface area contributed by atoms with Crippen molar-refractivity contribution >= 4 is 11.6 Å². The summed E-state index contributed by atoms with van der Waals surface area (Å²) < 4.78 is 37.7. The second kappa shape index (κ2) is 5.67. The molecule has 2 N–H and O–H groups in total. The molecular formula is C11H12F3NO2. The number of hydrogen-bond acceptors (Lipinski definition) is 2. The maximum absolute atomic E-state index is 12.6. The molecule has 0 aromatic heterocycles. The lowest BCUT2D eigenvalue weighted by Crippen LogP contribution is -2.16. The number of amides is 1. The zero-order chi connectivity index (χ0) is 12.9. The maximum Gasteiger partial charge on any atom is 0.418 e. The van der Waals surface area contributed by atoms with Gasteiger partial charge in [-0.2, -0.15) is 13.2 Å². The average Bonchev–Trinajstić information content (AvgIpc) is 2.25. The third-order valence-electron chi connectivity index (χ3n) is 2.07. The van der Waals surface area contributed by atoms with Crippen LogP contribution in [0.3, 0.4) is 0 Å². The van der Waals surface area contributed by atoms with Crippen LogP contribution in [-0.2, 0) is 11.0 Å². The standard InChI is InChI=1S/C11H12F3NO2/c12-11(13,14)8-4-1-2-5-9(8)15-10(17)6-3-7-16/h1-2,4-5,16H,3,6-7H2,(H,15,17). The minimum absolute atomic E-state index is 0.0112. The molecule has 0 spiro atoms. The first kappa shape index (κ1) is 13.5. The van der Waals surface area contributed by atoms with Gasteiger partial charge in [0.2, 0.25) is 5.91 Å². The third-order valence-corrected chi connectivity index (χ3v) is 2.07. The second-order valence-electron chi connectivity index (χ2n) is 3.42. The van der Waals surface area contributed by atoms with Gasteiger partial charge < -0.3 is 10.4 Å². The summed E-state index contributed by atoms with van der Waals surface area (Å²) in [5.41, 5.74) is -1.14. The lowest BCUT2D eigenvalue weighted by atomic mass is 10.1. The van der Waals surface area contributed by atoms with Gasteiger partial charge >= 0.3 is 6.18 Å². The van der Waals surface area contributed by atoms with Crippen LogP contribution in [-0.4, -0.2) is 17.6 Å². The Morgan fingerprint density at radius 1 is 1.29 bits per heavy atom. The van der Waals surface area contributed by atoms with E-state index in [-0.39, 0.29) is 25.1 Å². The molecule has 0 saturated heterocycles. The molecule has 1 aromatic rings. The highest BCUT2D eigenvalue weighted by Gasteiger charge is 2.33. The van der Waals surface area contributed by atoms with Gasteiger partial charge in [0, 0.05) is 13.0 Å². The fourth-order valence-electron chi connectivity index (χ4n) is 1.29. The topological polar surface area (TPSA) is 49.3 Å². The lowest BCUT2D eigenvalue weighted by Gasteiger charge is -2.13. The van der Waals surface area contributed by atoms with Gasteiger partial charge in [0.05, 0.1) is 11.3 Å². The molecule has 0 atom stereocenters. The van der Waals surface area contributed by atoms with Crippen molar-refractivity contribution in [3.63, 3.8) is 0 Å². The zero-order valence-corrected chi connectivity index (χ0v) is 8.92. The van der Waals surface area contributed by atoms with Crippen LogP contribution in [0.2, 0.25) is 0 Å². The number of benzene rings is 1. The molecule has 0 saturated carbocycles. The van der Waals surface area contributed by atoms with Crippen LogP contribution >= 0.6 is 0 Å². The van der Waals surface area contributed by atoms with E-state index in [0.717, 1.165) is 6.07 Å². The van der Waals surface area contributed by atoms with Crippen molar-refractivity contribution in [2.45, 2.75) is 19.0 Å². The van der Waals surface area contributed by atoms with Crippen LogP contribution in [0.15, 0.2) is 24.3 Å². The van der Waals surface area contributed by atoms with Crippen molar-refractivity contribution in [3.05, 3.63) is 29.8 Å². The summed E-state index contributed by atoms with van der Waals surface area (Å²) in [6, 6.07) is 4.77. The van der Waals surface area contributed by atoms with Gasteiger partial charge in [-0.1, -0.05) is 12.1 Å². The summed E-state index contributed by atoms with van der Waals surface area (Å²) in [5, 5.41) is 10.7. The summed E-state index contributed by atoms with van der Waals surface area (Å²) in [4.78, 5) is 11.3. The number of rotatable bonds is 4. The van der Waals surface area contributed by atoms with E-state index in [1.807, 2.05) is 0 Å². The molecule has 0 unspecified atom stereocenters. The second-order valence-corrected chi connectivity index (χ2v) is 3.42. The van der Waals surface area contributed by atoms with E-state index in [2.05, 4.69) is 5.32 Å². The molecule has 17 heavy (non-hydrogen) atoms. The number of anilines is 1. The normalized spacial score (nSPS) is 11.3. The minimum atomic E-state index is -4.50. The van der Waals surface area contributed by atoms with Gasteiger partial charge in [-0.25, -0.2) is 0 Å². The highest BCUT2D eigenvalue weighted by molar-refractivity contribution is 5.91. The first-order valence-corrected chi connectivity index (χ1v) is 5.02. The number of para-hydroxylation sites is 1. The number of nitrogens with one attached hydrogen (secondary N) is 1. The molecule has 1 aromatic carbocycles. The summed E-state index contributed by atoms with van der Waals surface area (Å²) in [7, 11) is 0. The number of aliphatic hydroxyl groups excluding tert-OH is 1. The van der Waals surface area contributed by atoms with Crippen LogP contribution in [0, 0.1) is 0 Å². The molecule has 3 nitrogen and oxygen atoms in total. The Balaban J connectivity index is 2.81. The first-order valence-electron chi connectivity index (χ1n) is 5.02. The Kier molecular flexibility index (Phi) is 4.51. The van der Waals surface area contributed by atoms with Crippen LogP contribution < -0.4 is 5.32 Å². The van der Waals surface area contributed by atoms with Gasteiger partial charge in [-0.3, -0.25) is 4.79 Å². The Hall–Kier alpha value is -1.56. The first-order chi connectivity index (χ1) is 7.95. The monoisotopic (exact) mass is 247 g/mol. The SMILES string of the molecule is O=C(CCCO)Nc1ccccc1C(F)(F)F. The number of aliphatic hydroxyl groups is 1. The summed E-state index contributed by atoms with van der Waals surface area (Å²) >= 11 is 0. The van der Waals surface area contributed by atoms with Crippen molar-refractivity contribution in [2.24, 2.45) is 0 Å². The number of carbonyl (C=O) groups excluding carboxylic acids is 1.